The van der Waals surface area contributed by atoms with Gasteiger partial charge in [-0.2, -0.15) is 9.78 Å². The lowest BCUT2D eigenvalue weighted by Gasteiger charge is -2.15. The van der Waals surface area contributed by atoms with E-state index in [-0.39, 0.29) is 16.8 Å². The number of nitrogens with one attached hydrogen (secondary N) is 1. The standard InChI is InChI=1S/C24H18N4O6/c1-15(22(29)25-16-11-13-18(14-12-16)28(32)33)34-24(31)21-19-9-5-6-10-20(19)23(30)27(26-21)17-7-3-2-4-8-17/h2-15H,1H3,(H,25,29). The Kier molecular flexibility index (Phi) is 6.13. The number of aromatic nitrogens is 2. The fourth-order valence-corrected chi connectivity index (χ4v) is 3.26. The van der Waals surface area contributed by atoms with Crippen molar-refractivity contribution in [1.29, 1.82) is 0 Å². The zero-order valence-electron chi connectivity index (χ0n) is 17.9. The summed E-state index contributed by atoms with van der Waals surface area (Å²) in [5.41, 5.74) is 0.135. The van der Waals surface area contributed by atoms with Crippen LogP contribution in [0.4, 0.5) is 11.4 Å². The van der Waals surface area contributed by atoms with Crippen molar-refractivity contribution in [3.63, 3.8) is 0 Å². The average Bonchev–Trinajstić information content (AvgIpc) is 2.85. The van der Waals surface area contributed by atoms with Gasteiger partial charge in [-0.1, -0.05) is 36.4 Å². The fraction of sp³-hybridized carbons (Fsp3) is 0.0833. The number of anilines is 1. The first kappa shape index (κ1) is 22.3. The normalized spacial score (nSPS) is 11.6. The molecule has 0 radical (unpaired) electrons. The molecule has 4 rings (SSSR count). The monoisotopic (exact) mass is 458 g/mol. The second-order valence-corrected chi connectivity index (χ2v) is 7.29. The number of nitro groups is 1. The number of nitro benzene ring substituents is 1. The third kappa shape index (κ3) is 4.51. The average molecular weight is 458 g/mol. The third-order valence-electron chi connectivity index (χ3n) is 5.00. The maximum atomic E-state index is 13.0. The molecule has 0 fully saturated rings. The van der Waals surface area contributed by atoms with Crippen LogP contribution in [0.3, 0.4) is 0 Å². The summed E-state index contributed by atoms with van der Waals surface area (Å²) in [7, 11) is 0. The number of carbonyl (C=O) groups is 2. The van der Waals surface area contributed by atoms with Crippen LogP contribution in [0.5, 0.6) is 0 Å². The Bertz CT molecular complexity index is 1450. The summed E-state index contributed by atoms with van der Waals surface area (Å²) in [5, 5.41) is 18.1. The number of hydrogen-bond acceptors (Lipinski definition) is 7. The molecule has 0 aliphatic heterocycles. The molecule has 170 valence electrons. The van der Waals surface area contributed by atoms with Gasteiger partial charge in [0.15, 0.2) is 11.8 Å². The molecule has 1 amide bonds. The van der Waals surface area contributed by atoms with Crippen molar-refractivity contribution >= 4 is 34.0 Å². The molecule has 0 spiro atoms. The van der Waals surface area contributed by atoms with E-state index in [0.717, 1.165) is 4.68 Å². The lowest BCUT2D eigenvalue weighted by Crippen LogP contribution is -2.31. The highest BCUT2D eigenvalue weighted by Crippen LogP contribution is 2.18. The van der Waals surface area contributed by atoms with Crippen molar-refractivity contribution in [3.05, 3.63) is 105 Å². The SMILES string of the molecule is CC(OC(=O)c1nn(-c2ccccc2)c(=O)c2ccccc12)C(=O)Nc1ccc([N+](=O)[O-])cc1. The molecule has 10 heteroatoms. The van der Waals surface area contributed by atoms with Gasteiger partial charge < -0.3 is 10.1 Å². The molecule has 1 aromatic heterocycles. The van der Waals surface area contributed by atoms with Gasteiger partial charge in [-0.25, -0.2) is 4.79 Å². The molecule has 3 aromatic carbocycles. The predicted molar refractivity (Wildman–Crippen MR) is 124 cm³/mol. The van der Waals surface area contributed by atoms with Crippen LogP contribution < -0.4 is 10.9 Å². The molecular formula is C24H18N4O6. The maximum absolute atomic E-state index is 13.0. The highest BCUT2D eigenvalue weighted by molar-refractivity contribution is 6.03. The summed E-state index contributed by atoms with van der Waals surface area (Å²) in [6, 6.07) is 20.4. The Balaban J connectivity index is 1.60. The van der Waals surface area contributed by atoms with Crippen LogP contribution in [-0.2, 0) is 9.53 Å². The van der Waals surface area contributed by atoms with E-state index in [0.29, 0.717) is 16.8 Å². The van der Waals surface area contributed by atoms with Crippen molar-refractivity contribution in [1.82, 2.24) is 9.78 Å². The van der Waals surface area contributed by atoms with E-state index in [1.54, 1.807) is 54.6 Å². The van der Waals surface area contributed by atoms with Gasteiger partial charge in [0.1, 0.15) is 0 Å². The van der Waals surface area contributed by atoms with Gasteiger partial charge >= 0.3 is 5.97 Å². The molecule has 0 aliphatic carbocycles. The van der Waals surface area contributed by atoms with Gasteiger partial charge in [0.2, 0.25) is 0 Å². The Labute approximate surface area is 192 Å². The minimum Gasteiger partial charge on any atom is -0.448 e. The molecule has 1 heterocycles. The molecule has 0 saturated heterocycles. The van der Waals surface area contributed by atoms with Gasteiger partial charge in [0.05, 0.1) is 16.0 Å². The van der Waals surface area contributed by atoms with E-state index in [9.17, 15) is 24.5 Å². The molecule has 0 bridgehead atoms. The van der Waals surface area contributed by atoms with Crippen LogP contribution in [0.2, 0.25) is 0 Å². The summed E-state index contributed by atoms with van der Waals surface area (Å²) in [6.07, 6.45) is -1.21. The number of rotatable bonds is 6. The van der Waals surface area contributed by atoms with Crippen molar-refractivity contribution in [2.45, 2.75) is 13.0 Å². The smallest absolute Gasteiger partial charge is 0.360 e. The zero-order chi connectivity index (χ0) is 24.2. The van der Waals surface area contributed by atoms with Gasteiger partial charge in [-0.3, -0.25) is 19.7 Å². The van der Waals surface area contributed by atoms with Crippen molar-refractivity contribution in [2.24, 2.45) is 0 Å². The Morgan fingerprint density at radius 1 is 0.971 bits per heavy atom. The number of carbonyl (C=O) groups excluding carboxylic acids is 2. The molecule has 1 atom stereocenters. The maximum Gasteiger partial charge on any atom is 0.360 e. The highest BCUT2D eigenvalue weighted by Gasteiger charge is 2.24. The van der Waals surface area contributed by atoms with Crippen LogP contribution in [0.1, 0.15) is 17.4 Å². The van der Waals surface area contributed by atoms with E-state index in [4.69, 9.17) is 4.74 Å². The summed E-state index contributed by atoms with van der Waals surface area (Å²) in [4.78, 5) is 48.6. The molecular weight excluding hydrogens is 440 g/mol. The molecule has 4 aromatic rings. The number of esters is 1. The zero-order valence-corrected chi connectivity index (χ0v) is 17.9. The number of nitrogens with zero attached hydrogens (tertiary/aromatic N) is 3. The number of fused-ring (bicyclic) bond motifs is 1. The second-order valence-electron chi connectivity index (χ2n) is 7.29. The summed E-state index contributed by atoms with van der Waals surface area (Å²) in [5.74, 6) is -1.52. The number of benzene rings is 3. The summed E-state index contributed by atoms with van der Waals surface area (Å²) in [6.45, 7) is 1.38. The molecule has 1 unspecified atom stereocenters. The van der Waals surface area contributed by atoms with Crippen molar-refractivity contribution in [2.75, 3.05) is 5.32 Å². The third-order valence-corrected chi connectivity index (χ3v) is 5.00. The van der Waals surface area contributed by atoms with Gasteiger partial charge in [-0.05, 0) is 37.3 Å². The van der Waals surface area contributed by atoms with E-state index in [2.05, 4.69) is 10.4 Å². The molecule has 0 saturated carbocycles. The summed E-state index contributed by atoms with van der Waals surface area (Å²) < 4.78 is 6.45. The van der Waals surface area contributed by atoms with Gasteiger partial charge in [0, 0.05) is 23.2 Å². The summed E-state index contributed by atoms with van der Waals surface area (Å²) >= 11 is 0. The fourth-order valence-electron chi connectivity index (χ4n) is 3.26. The van der Waals surface area contributed by atoms with Crippen LogP contribution >= 0.6 is 0 Å². The Hall–Kier alpha value is -4.86. The van der Waals surface area contributed by atoms with Crippen LogP contribution in [0.25, 0.3) is 16.5 Å². The van der Waals surface area contributed by atoms with Crippen LogP contribution in [0, 0.1) is 10.1 Å². The lowest BCUT2D eigenvalue weighted by atomic mass is 10.1. The first-order chi connectivity index (χ1) is 16.3. The Morgan fingerprint density at radius 2 is 1.59 bits per heavy atom. The topological polar surface area (TPSA) is 133 Å². The Morgan fingerprint density at radius 3 is 2.24 bits per heavy atom. The molecule has 1 N–H and O–H groups in total. The number of non-ortho nitro benzene ring substituents is 1. The largest absolute Gasteiger partial charge is 0.448 e. The first-order valence-electron chi connectivity index (χ1n) is 10.2. The quantitative estimate of drug-likeness (QED) is 0.266. The molecule has 34 heavy (non-hydrogen) atoms. The van der Waals surface area contributed by atoms with Crippen molar-refractivity contribution < 1.29 is 19.2 Å². The predicted octanol–water partition coefficient (Wildman–Crippen LogP) is 3.48. The van der Waals surface area contributed by atoms with Gasteiger partial charge in [0.25, 0.3) is 17.2 Å². The molecule has 10 nitrogen and oxygen atoms in total. The number of ether oxygens (including phenoxy) is 1. The minimum absolute atomic E-state index is 0.117. The van der Waals surface area contributed by atoms with E-state index in [1.807, 2.05) is 0 Å². The van der Waals surface area contributed by atoms with Crippen LogP contribution in [0.15, 0.2) is 83.7 Å². The first-order valence-corrected chi connectivity index (χ1v) is 10.2. The van der Waals surface area contributed by atoms with E-state index >= 15 is 0 Å². The number of para-hydroxylation sites is 1. The second kappa shape index (κ2) is 9.33. The van der Waals surface area contributed by atoms with Gasteiger partial charge in [-0.15, -0.1) is 0 Å². The number of hydrogen-bond donors (Lipinski definition) is 1. The number of amides is 1. The minimum atomic E-state index is -1.21. The van der Waals surface area contributed by atoms with E-state index in [1.165, 1.54) is 31.2 Å². The van der Waals surface area contributed by atoms with Crippen molar-refractivity contribution in [3.8, 4) is 5.69 Å². The highest BCUT2D eigenvalue weighted by atomic mass is 16.6. The lowest BCUT2D eigenvalue weighted by molar-refractivity contribution is -0.384. The van der Waals surface area contributed by atoms with Crippen LogP contribution in [-0.4, -0.2) is 32.7 Å². The van der Waals surface area contributed by atoms with E-state index < -0.39 is 28.5 Å². The molecule has 0 aliphatic rings.